The summed E-state index contributed by atoms with van der Waals surface area (Å²) in [7, 11) is 0. The van der Waals surface area contributed by atoms with Gasteiger partial charge in [-0.3, -0.25) is 14.9 Å². The first-order valence-corrected chi connectivity index (χ1v) is 7.00. The molecule has 6 nitrogen and oxygen atoms in total. The van der Waals surface area contributed by atoms with Crippen LogP contribution in [0.2, 0.25) is 5.02 Å². The molecule has 0 saturated carbocycles. The summed E-state index contributed by atoms with van der Waals surface area (Å²) in [6.07, 6.45) is -7.16. The molecule has 23 heavy (non-hydrogen) atoms. The van der Waals surface area contributed by atoms with Crippen LogP contribution in [0.1, 0.15) is 23.2 Å². The minimum atomic E-state index is -4.84. The van der Waals surface area contributed by atoms with Crippen molar-refractivity contribution >= 4 is 23.2 Å². The van der Waals surface area contributed by atoms with Crippen molar-refractivity contribution in [1.29, 1.82) is 0 Å². The molecular weight excluding hydrogens is 341 g/mol. The minimum absolute atomic E-state index is 0.0109. The van der Waals surface area contributed by atoms with Crippen LogP contribution in [0.5, 0.6) is 0 Å². The van der Waals surface area contributed by atoms with E-state index in [1.165, 1.54) is 0 Å². The number of rotatable bonds is 3. The van der Waals surface area contributed by atoms with Crippen molar-refractivity contribution < 1.29 is 28.0 Å². The van der Waals surface area contributed by atoms with Crippen LogP contribution in [0.3, 0.4) is 0 Å². The second-order valence-electron chi connectivity index (χ2n) is 5.12. The van der Waals surface area contributed by atoms with Crippen LogP contribution < -0.4 is 0 Å². The minimum Gasteiger partial charge on any atom is -0.382 e. The third-order valence-electron chi connectivity index (χ3n) is 3.65. The van der Waals surface area contributed by atoms with E-state index in [0.29, 0.717) is 6.42 Å². The normalized spacial score (nSPS) is 19.7. The molecule has 0 spiro atoms. The fourth-order valence-electron chi connectivity index (χ4n) is 2.54. The lowest BCUT2D eigenvalue weighted by Crippen LogP contribution is -2.49. The van der Waals surface area contributed by atoms with Crippen molar-refractivity contribution in [2.75, 3.05) is 6.54 Å². The van der Waals surface area contributed by atoms with Crippen LogP contribution >= 0.6 is 11.6 Å². The highest BCUT2D eigenvalue weighted by atomic mass is 35.5. The Kier molecular flexibility index (Phi) is 4.81. The predicted molar refractivity (Wildman–Crippen MR) is 74.2 cm³/mol. The lowest BCUT2D eigenvalue weighted by molar-refractivity contribution is -0.384. The number of non-ortho nitro benzene ring substituents is 1. The molecule has 1 N–H and O–H groups in total. The summed E-state index contributed by atoms with van der Waals surface area (Å²) < 4.78 is 38.0. The number of hydrogen-bond donors (Lipinski definition) is 1. The van der Waals surface area contributed by atoms with Crippen LogP contribution in [-0.4, -0.2) is 45.7 Å². The van der Waals surface area contributed by atoms with Gasteiger partial charge in [0.05, 0.1) is 21.6 Å². The fraction of sp³-hybridized carbons (Fsp3) is 0.462. The predicted octanol–water partition coefficient (Wildman–Crippen LogP) is 2.78. The van der Waals surface area contributed by atoms with Crippen molar-refractivity contribution in [2.24, 2.45) is 0 Å². The van der Waals surface area contributed by atoms with Gasteiger partial charge in [-0.25, -0.2) is 0 Å². The maximum absolute atomic E-state index is 12.7. The standard InChI is InChI=1S/C13H12ClF3N2O4/c14-9-6-7(19(22)23)3-4-8(9)12(21)18-5-1-2-10(18)11(20)13(15,16)17/h3-4,6,10-11,20H,1-2,5H2/t10-,11-/m0/s1. The number of aliphatic hydroxyl groups is 1. The molecule has 1 saturated heterocycles. The second kappa shape index (κ2) is 6.32. The number of alkyl halides is 3. The number of halogens is 4. The average molecular weight is 353 g/mol. The largest absolute Gasteiger partial charge is 0.416 e. The molecule has 126 valence electrons. The SMILES string of the molecule is O=C(c1ccc([N+](=O)[O-])cc1Cl)N1CCC[C@H]1[C@H](O)C(F)(F)F. The summed E-state index contributed by atoms with van der Waals surface area (Å²) in [5.41, 5.74) is -0.474. The van der Waals surface area contributed by atoms with Crippen LogP contribution in [0.15, 0.2) is 18.2 Å². The quantitative estimate of drug-likeness (QED) is 0.669. The Balaban J connectivity index is 2.27. The van der Waals surface area contributed by atoms with E-state index in [4.69, 9.17) is 11.6 Å². The van der Waals surface area contributed by atoms with Gasteiger partial charge in [0.15, 0.2) is 6.10 Å². The number of hydrogen-bond acceptors (Lipinski definition) is 4. The molecule has 0 radical (unpaired) electrons. The molecule has 1 aliphatic rings. The fourth-order valence-corrected chi connectivity index (χ4v) is 2.79. The molecule has 0 unspecified atom stereocenters. The first-order chi connectivity index (χ1) is 10.6. The lowest BCUT2D eigenvalue weighted by atomic mass is 10.1. The number of carbonyl (C=O) groups is 1. The van der Waals surface area contributed by atoms with E-state index in [2.05, 4.69) is 0 Å². The van der Waals surface area contributed by atoms with Crippen molar-refractivity contribution in [3.8, 4) is 0 Å². The van der Waals surface area contributed by atoms with Gasteiger partial charge in [0.1, 0.15) is 0 Å². The highest BCUT2D eigenvalue weighted by Crippen LogP contribution is 2.33. The molecule has 1 heterocycles. The number of amides is 1. The van der Waals surface area contributed by atoms with Gasteiger partial charge >= 0.3 is 6.18 Å². The summed E-state index contributed by atoms with van der Waals surface area (Å²) in [4.78, 5) is 23.2. The van der Waals surface area contributed by atoms with E-state index >= 15 is 0 Å². The molecule has 0 aliphatic carbocycles. The first-order valence-electron chi connectivity index (χ1n) is 6.62. The average Bonchev–Trinajstić information content (AvgIpc) is 2.93. The van der Waals surface area contributed by atoms with E-state index in [0.717, 1.165) is 23.1 Å². The monoisotopic (exact) mass is 352 g/mol. The molecule has 10 heteroatoms. The number of aliphatic hydroxyl groups excluding tert-OH is 1. The summed E-state index contributed by atoms with van der Waals surface area (Å²) in [6, 6.07) is 1.71. The van der Waals surface area contributed by atoms with Gasteiger partial charge < -0.3 is 10.0 Å². The molecule has 1 amide bonds. The van der Waals surface area contributed by atoms with Crippen LogP contribution in [0.25, 0.3) is 0 Å². The third-order valence-corrected chi connectivity index (χ3v) is 3.97. The Morgan fingerprint density at radius 2 is 2.13 bits per heavy atom. The van der Waals surface area contributed by atoms with Crippen molar-refractivity contribution in [1.82, 2.24) is 4.90 Å². The molecule has 2 atom stereocenters. The molecule has 1 aromatic rings. The topological polar surface area (TPSA) is 83.7 Å². The van der Waals surface area contributed by atoms with Crippen molar-refractivity contribution in [3.05, 3.63) is 38.9 Å². The summed E-state index contributed by atoms with van der Waals surface area (Å²) in [5, 5.41) is 19.8. The summed E-state index contributed by atoms with van der Waals surface area (Å²) >= 11 is 5.83. The van der Waals surface area contributed by atoms with E-state index in [-0.39, 0.29) is 29.2 Å². The number of nitrogens with zero attached hydrogens (tertiary/aromatic N) is 2. The maximum atomic E-state index is 12.7. The van der Waals surface area contributed by atoms with Gasteiger partial charge in [0.25, 0.3) is 11.6 Å². The maximum Gasteiger partial charge on any atom is 0.416 e. The number of nitro benzene ring substituents is 1. The smallest absolute Gasteiger partial charge is 0.382 e. The highest BCUT2D eigenvalue weighted by Gasteiger charge is 2.48. The second-order valence-corrected chi connectivity index (χ2v) is 5.52. The number of nitro groups is 1. The lowest BCUT2D eigenvalue weighted by Gasteiger charge is -2.30. The number of likely N-dealkylation sites (tertiary alicyclic amines) is 1. The van der Waals surface area contributed by atoms with Crippen LogP contribution in [0.4, 0.5) is 18.9 Å². The van der Waals surface area contributed by atoms with E-state index in [1.54, 1.807) is 0 Å². The van der Waals surface area contributed by atoms with Gasteiger partial charge in [0, 0.05) is 18.7 Å². The van der Waals surface area contributed by atoms with Gasteiger partial charge in [-0.05, 0) is 18.9 Å². The summed E-state index contributed by atoms with van der Waals surface area (Å²) in [6.45, 7) is 0.0456. The van der Waals surface area contributed by atoms with Gasteiger partial charge in [-0.2, -0.15) is 13.2 Å². The van der Waals surface area contributed by atoms with E-state index in [9.17, 15) is 33.2 Å². The summed E-state index contributed by atoms with van der Waals surface area (Å²) in [5.74, 6) is -0.796. The Labute approximate surface area is 133 Å². The van der Waals surface area contributed by atoms with Crippen LogP contribution in [-0.2, 0) is 0 Å². The van der Waals surface area contributed by atoms with E-state index in [1.807, 2.05) is 0 Å². The zero-order chi connectivity index (χ0) is 17.4. The molecule has 2 rings (SSSR count). The van der Waals surface area contributed by atoms with E-state index < -0.39 is 29.2 Å². The Bertz CT molecular complexity index is 638. The zero-order valence-corrected chi connectivity index (χ0v) is 12.3. The molecule has 0 aromatic heterocycles. The number of carbonyl (C=O) groups excluding carboxylic acids is 1. The van der Waals surface area contributed by atoms with Gasteiger partial charge in [0.2, 0.25) is 0 Å². The zero-order valence-electron chi connectivity index (χ0n) is 11.6. The van der Waals surface area contributed by atoms with Crippen molar-refractivity contribution in [2.45, 2.75) is 31.2 Å². The number of benzene rings is 1. The molecule has 1 fully saturated rings. The Hall–Kier alpha value is -1.87. The molecule has 1 aromatic carbocycles. The highest BCUT2D eigenvalue weighted by molar-refractivity contribution is 6.34. The molecule has 1 aliphatic heterocycles. The van der Waals surface area contributed by atoms with Gasteiger partial charge in [-0.1, -0.05) is 11.6 Å². The molecular formula is C13H12ClF3N2O4. The Morgan fingerprint density at radius 1 is 1.48 bits per heavy atom. The van der Waals surface area contributed by atoms with Crippen molar-refractivity contribution in [3.63, 3.8) is 0 Å². The molecule has 0 bridgehead atoms. The third kappa shape index (κ3) is 3.56. The Morgan fingerprint density at radius 3 is 2.65 bits per heavy atom. The van der Waals surface area contributed by atoms with Gasteiger partial charge in [-0.15, -0.1) is 0 Å². The first kappa shape index (κ1) is 17.5. The van der Waals surface area contributed by atoms with Crippen LogP contribution in [0, 0.1) is 10.1 Å².